The largest absolute Gasteiger partial charge is 0.454 e. The summed E-state index contributed by atoms with van der Waals surface area (Å²) in [5.74, 6) is 0.870. The number of imidazole rings is 1. The molecule has 1 aromatic carbocycles. The molecule has 4 aromatic rings. The molecule has 6 heteroatoms. The fraction of sp³-hybridized carbons (Fsp3) is 0.208. The normalized spacial score (nSPS) is 13.4. The maximum atomic E-state index is 14.8. The van der Waals surface area contributed by atoms with Crippen molar-refractivity contribution in [1.29, 1.82) is 5.26 Å². The highest BCUT2D eigenvalue weighted by molar-refractivity contribution is 5.78. The first-order valence-electron chi connectivity index (χ1n) is 9.92. The van der Waals surface area contributed by atoms with Crippen LogP contribution in [0.15, 0.2) is 55.0 Å². The second-order valence-corrected chi connectivity index (χ2v) is 7.69. The van der Waals surface area contributed by atoms with Crippen LogP contribution in [0.3, 0.4) is 0 Å². The van der Waals surface area contributed by atoms with E-state index in [1.54, 1.807) is 30.5 Å². The predicted octanol–water partition coefficient (Wildman–Crippen LogP) is 5.46. The maximum absolute atomic E-state index is 14.8. The average Bonchev–Trinajstić information content (AvgIpc) is 3.47. The number of aryl methyl sites for hydroxylation is 1. The summed E-state index contributed by atoms with van der Waals surface area (Å²) < 4.78 is 22.4. The summed E-state index contributed by atoms with van der Waals surface area (Å²) in [6, 6.07) is 12.3. The van der Waals surface area contributed by atoms with Crippen LogP contribution in [0.25, 0.3) is 16.8 Å². The Kier molecular flexibility index (Phi) is 4.44. The Balaban J connectivity index is 1.50. The summed E-state index contributed by atoms with van der Waals surface area (Å²) in [5, 5.41) is 9.80. The van der Waals surface area contributed by atoms with Gasteiger partial charge in [0, 0.05) is 41.6 Å². The second-order valence-electron chi connectivity index (χ2n) is 7.69. The van der Waals surface area contributed by atoms with Gasteiger partial charge in [-0.15, -0.1) is 0 Å². The third-order valence-electron chi connectivity index (χ3n) is 5.40. The molecule has 3 aromatic heterocycles. The van der Waals surface area contributed by atoms with Crippen molar-refractivity contribution in [3.63, 3.8) is 0 Å². The van der Waals surface area contributed by atoms with Gasteiger partial charge in [-0.2, -0.15) is 5.26 Å². The van der Waals surface area contributed by atoms with Crippen molar-refractivity contribution < 1.29 is 9.13 Å². The summed E-state index contributed by atoms with van der Waals surface area (Å²) in [7, 11) is 0. The Hall–Kier alpha value is -3.72. The van der Waals surface area contributed by atoms with Crippen LogP contribution in [0.4, 0.5) is 4.39 Å². The molecular formula is C24H19FN4O. The highest BCUT2D eigenvalue weighted by Gasteiger charge is 2.24. The zero-order valence-electron chi connectivity index (χ0n) is 16.5. The van der Waals surface area contributed by atoms with Gasteiger partial charge in [-0.1, -0.05) is 6.07 Å². The number of halogens is 1. The van der Waals surface area contributed by atoms with Crippen LogP contribution in [0.5, 0.6) is 11.5 Å². The van der Waals surface area contributed by atoms with Gasteiger partial charge in [0.1, 0.15) is 17.4 Å². The number of rotatable bonds is 5. The van der Waals surface area contributed by atoms with Gasteiger partial charge in [0.05, 0.1) is 0 Å². The zero-order valence-corrected chi connectivity index (χ0v) is 16.5. The number of nitrogens with zero attached hydrogens (tertiary/aromatic N) is 4. The van der Waals surface area contributed by atoms with E-state index in [1.807, 2.05) is 29.8 Å². The number of aromatic nitrogens is 3. The standard InChI is InChI=1S/C24H19FN4O/c1-15-10-19(6-8-27-15)30-23-5-4-17(12-22(23)25)20-7-9-29-18(11-16-2-3-16)14-28-24(29)21(20)13-26/h4-10,12,14,16H,2-3,11H2,1H3. The van der Waals surface area contributed by atoms with Crippen LogP contribution < -0.4 is 4.74 Å². The third kappa shape index (κ3) is 3.39. The molecule has 0 unspecified atom stereocenters. The highest BCUT2D eigenvalue weighted by atomic mass is 19.1. The molecule has 5 nitrogen and oxygen atoms in total. The molecule has 0 amide bonds. The molecule has 0 spiro atoms. The van der Waals surface area contributed by atoms with E-state index in [-0.39, 0.29) is 5.75 Å². The maximum Gasteiger partial charge on any atom is 0.166 e. The predicted molar refractivity (Wildman–Crippen MR) is 111 cm³/mol. The van der Waals surface area contributed by atoms with Crippen molar-refractivity contribution in [2.45, 2.75) is 26.2 Å². The minimum absolute atomic E-state index is 0.122. The van der Waals surface area contributed by atoms with Gasteiger partial charge >= 0.3 is 0 Å². The van der Waals surface area contributed by atoms with Crippen molar-refractivity contribution in [2.24, 2.45) is 5.92 Å². The lowest BCUT2D eigenvalue weighted by Gasteiger charge is -2.11. The van der Waals surface area contributed by atoms with Crippen molar-refractivity contribution in [2.75, 3.05) is 0 Å². The van der Waals surface area contributed by atoms with E-state index in [0.29, 0.717) is 28.1 Å². The van der Waals surface area contributed by atoms with Gasteiger partial charge in [0.15, 0.2) is 17.2 Å². The Morgan fingerprint density at radius 3 is 2.80 bits per heavy atom. The molecule has 0 bridgehead atoms. The number of pyridine rings is 2. The van der Waals surface area contributed by atoms with E-state index < -0.39 is 5.82 Å². The Labute approximate surface area is 173 Å². The molecule has 30 heavy (non-hydrogen) atoms. The van der Waals surface area contributed by atoms with E-state index in [0.717, 1.165) is 23.7 Å². The van der Waals surface area contributed by atoms with E-state index in [1.165, 1.54) is 18.9 Å². The van der Waals surface area contributed by atoms with E-state index in [9.17, 15) is 9.65 Å². The number of hydrogen-bond acceptors (Lipinski definition) is 4. The van der Waals surface area contributed by atoms with Crippen molar-refractivity contribution in [3.05, 3.63) is 77.8 Å². The molecule has 1 aliphatic rings. The highest BCUT2D eigenvalue weighted by Crippen LogP contribution is 2.35. The number of hydrogen-bond donors (Lipinski definition) is 0. The number of benzene rings is 1. The van der Waals surface area contributed by atoms with Gasteiger partial charge in [-0.05, 0) is 61.9 Å². The SMILES string of the molecule is Cc1cc(Oc2ccc(-c3ccn4c(CC5CC5)cnc4c3C#N)cc2F)ccn1. The summed E-state index contributed by atoms with van der Waals surface area (Å²) in [5.41, 5.74) is 4.21. The van der Waals surface area contributed by atoms with Gasteiger partial charge in [-0.3, -0.25) is 4.98 Å². The molecule has 0 atom stereocenters. The number of nitriles is 1. The van der Waals surface area contributed by atoms with Crippen LogP contribution in [0, 0.1) is 30.0 Å². The lowest BCUT2D eigenvalue weighted by atomic mass is 10.0. The van der Waals surface area contributed by atoms with Crippen LogP contribution in [-0.2, 0) is 6.42 Å². The summed E-state index contributed by atoms with van der Waals surface area (Å²) in [4.78, 5) is 8.59. The lowest BCUT2D eigenvalue weighted by molar-refractivity contribution is 0.441. The minimum Gasteiger partial charge on any atom is -0.454 e. The minimum atomic E-state index is -0.497. The van der Waals surface area contributed by atoms with Gasteiger partial charge in [-0.25, -0.2) is 9.37 Å². The molecule has 3 heterocycles. The molecule has 1 saturated carbocycles. The first-order valence-corrected chi connectivity index (χ1v) is 9.92. The Bertz CT molecular complexity index is 1300. The quantitative estimate of drug-likeness (QED) is 0.448. The summed E-state index contributed by atoms with van der Waals surface area (Å²) in [6.45, 7) is 1.84. The first-order chi connectivity index (χ1) is 14.6. The molecule has 0 saturated heterocycles. The second kappa shape index (κ2) is 7.27. The summed E-state index contributed by atoms with van der Waals surface area (Å²) >= 11 is 0. The summed E-state index contributed by atoms with van der Waals surface area (Å²) in [6.07, 6.45) is 8.85. The molecule has 0 N–H and O–H groups in total. The third-order valence-corrected chi connectivity index (χ3v) is 5.40. The Morgan fingerprint density at radius 2 is 2.07 bits per heavy atom. The smallest absolute Gasteiger partial charge is 0.166 e. The van der Waals surface area contributed by atoms with E-state index in [4.69, 9.17) is 4.74 Å². The molecule has 0 aliphatic heterocycles. The zero-order chi connectivity index (χ0) is 20.7. The van der Waals surface area contributed by atoms with Gasteiger partial charge in [0.2, 0.25) is 0 Å². The van der Waals surface area contributed by atoms with E-state index >= 15 is 0 Å². The van der Waals surface area contributed by atoms with Crippen molar-refractivity contribution in [3.8, 4) is 28.7 Å². The fourth-order valence-corrected chi connectivity index (χ4v) is 3.68. The first kappa shape index (κ1) is 18.3. The molecule has 1 aliphatic carbocycles. The van der Waals surface area contributed by atoms with Crippen LogP contribution >= 0.6 is 0 Å². The number of fused-ring (bicyclic) bond motifs is 1. The number of ether oxygens (including phenoxy) is 1. The average molecular weight is 398 g/mol. The van der Waals surface area contributed by atoms with Crippen molar-refractivity contribution >= 4 is 5.65 Å². The van der Waals surface area contributed by atoms with Crippen LogP contribution in [-0.4, -0.2) is 14.4 Å². The van der Waals surface area contributed by atoms with Crippen LogP contribution in [0.2, 0.25) is 0 Å². The topological polar surface area (TPSA) is 63.2 Å². The Morgan fingerprint density at radius 1 is 1.20 bits per heavy atom. The van der Waals surface area contributed by atoms with Crippen LogP contribution in [0.1, 0.15) is 29.8 Å². The molecular weight excluding hydrogens is 379 g/mol. The molecule has 148 valence electrons. The van der Waals surface area contributed by atoms with Gasteiger partial charge < -0.3 is 9.14 Å². The molecule has 5 rings (SSSR count). The fourth-order valence-electron chi connectivity index (χ4n) is 3.68. The van der Waals surface area contributed by atoms with Crippen molar-refractivity contribution in [1.82, 2.24) is 14.4 Å². The van der Waals surface area contributed by atoms with E-state index in [2.05, 4.69) is 16.0 Å². The molecule has 1 fully saturated rings. The van der Waals surface area contributed by atoms with Gasteiger partial charge in [0.25, 0.3) is 0 Å². The monoisotopic (exact) mass is 398 g/mol. The molecule has 0 radical (unpaired) electrons. The lowest BCUT2D eigenvalue weighted by Crippen LogP contribution is -1.98.